The van der Waals surface area contributed by atoms with Gasteiger partial charge in [-0.1, -0.05) is 29.3 Å². The maximum absolute atomic E-state index is 11.9. The largest absolute Gasteiger partial charge is 0.481 e. The standard InChI is InChI=1S/C14H12Cl2N2O3S/c15-10-2-1-3-11(16)9(10)6-17-12(19)5-13-18-8(7-22-13)4-14(20)21/h1-3,7H,4-6H2,(H,17,19)(H,20,21). The number of thiazole rings is 1. The Kier molecular flexibility index (Phi) is 5.76. The molecule has 0 aliphatic rings. The Hall–Kier alpha value is -1.63. The summed E-state index contributed by atoms with van der Waals surface area (Å²) in [5, 5.41) is 14.6. The molecule has 0 saturated carbocycles. The molecule has 0 radical (unpaired) electrons. The molecule has 0 bridgehead atoms. The predicted molar refractivity (Wildman–Crippen MR) is 85.5 cm³/mol. The first kappa shape index (κ1) is 16.7. The van der Waals surface area contributed by atoms with E-state index >= 15 is 0 Å². The number of amides is 1. The van der Waals surface area contributed by atoms with E-state index in [4.69, 9.17) is 28.3 Å². The highest BCUT2D eigenvalue weighted by atomic mass is 35.5. The number of carboxylic acids is 1. The van der Waals surface area contributed by atoms with Crippen LogP contribution in [-0.4, -0.2) is 22.0 Å². The average molecular weight is 359 g/mol. The molecule has 1 aromatic heterocycles. The smallest absolute Gasteiger partial charge is 0.309 e. The van der Waals surface area contributed by atoms with Gasteiger partial charge in [-0.3, -0.25) is 9.59 Å². The zero-order valence-electron chi connectivity index (χ0n) is 11.3. The number of aliphatic carboxylic acids is 1. The number of hydrogen-bond acceptors (Lipinski definition) is 4. The van der Waals surface area contributed by atoms with Gasteiger partial charge in [0.2, 0.25) is 5.91 Å². The molecule has 2 aromatic rings. The number of hydrogen-bond donors (Lipinski definition) is 2. The molecular weight excluding hydrogens is 347 g/mol. The molecule has 0 aliphatic heterocycles. The molecule has 0 spiro atoms. The van der Waals surface area contributed by atoms with E-state index in [9.17, 15) is 9.59 Å². The summed E-state index contributed by atoms with van der Waals surface area (Å²) in [7, 11) is 0. The van der Waals surface area contributed by atoms with Gasteiger partial charge in [-0.25, -0.2) is 4.98 Å². The maximum Gasteiger partial charge on any atom is 0.309 e. The van der Waals surface area contributed by atoms with E-state index in [2.05, 4.69) is 10.3 Å². The Morgan fingerprint density at radius 1 is 1.23 bits per heavy atom. The molecule has 0 unspecified atom stereocenters. The molecular formula is C14H12Cl2N2O3S. The van der Waals surface area contributed by atoms with Gasteiger partial charge in [-0.05, 0) is 12.1 Å². The summed E-state index contributed by atoms with van der Waals surface area (Å²) in [4.78, 5) is 26.6. The lowest BCUT2D eigenvalue weighted by atomic mass is 10.2. The number of halogens is 2. The van der Waals surface area contributed by atoms with Crippen molar-refractivity contribution < 1.29 is 14.7 Å². The number of benzene rings is 1. The summed E-state index contributed by atoms with van der Waals surface area (Å²) in [5.41, 5.74) is 1.11. The van der Waals surface area contributed by atoms with Crippen LogP contribution in [0.4, 0.5) is 0 Å². The number of nitrogens with zero attached hydrogens (tertiary/aromatic N) is 1. The van der Waals surface area contributed by atoms with E-state index in [-0.39, 0.29) is 25.3 Å². The van der Waals surface area contributed by atoms with Crippen LogP contribution in [0, 0.1) is 0 Å². The highest BCUT2D eigenvalue weighted by Gasteiger charge is 2.11. The highest BCUT2D eigenvalue weighted by molar-refractivity contribution is 7.09. The van der Waals surface area contributed by atoms with Crippen molar-refractivity contribution in [3.63, 3.8) is 0 Å². The molecule has 1 heterocycles. The molecule has 0 atom stereocenters. The summed E-state index contributed by atoms with van der Waals surface area (Å²) < 4.78 is 0. The van der Waals surface area contributed by atoms with Crippen LogP contribution in [-0.2, 0) is 29.0 Å². The van der Waals surface area contributed by atoms with Crippen molar-refractivity contribution >= 4 is 46.4 Å². The van der Waals surface area contributed by atoms with E-state index in [1.165, 1.54) is 11.3 Å². The normalized spacial score (nSPS) is 10.5. The average Bonchev–Trinajstić information content (AvgIpc) is 2.84. The fourth-order valence-electron chi connectivity index (χ4n) is 1.75. The molecule has 1 aromatic carbocycles. The zero-order valence-corrected chi connectivity index (χ0v) is 13.6. The molecule has 0 aliphatic carbocycles. The Morgan fingerprint density at radius 3 is 2.55 bits per heavy atom. The van der Waals surface area contributed by atoms with E-state index in [0.29, 0.717) is 26.3 Å². The summed E-state index contributed by atoms with van der Waals surface area (Å²) in [6, 6.07) is 5.14. The second-order valence-corrected chi connectivity index (χ2v) is 6.21. The number of nitrogens with one attached hydrogen (secondary N) is 1. The third kappa shape index (κ3) is 4.69. The van der Waals surface area contributed by atoms with Crippen molar-refractivity contribution in [1.82, 2.24) is 10.3 Å². The van der Waals surface area contributed by atoms with Crippen LogP contribution >= 0.6 is 34.5 Å². The predicted octanol–water partition coefficient (Wildman–Crippen LogP) is 2.94. The van der Waals surface area contributed by atoms with Crippen molar-refractivity contribution in [3.8, 4) is 0 Å². The first-order valence-corrected chi connectivity index (χ1v) is 7.94. The lowest BCUT2D eigenvalue weighted by Gasteiger charge is -2.08. The van der Waals surface area contributed by atoms with Crippen molar-refractivity contribution in [2.75, 3.05) is 0 Å². The number of aromatic nitrogens is 1. The van der Waals surface area contributed by atoms with Crippen LogP contribution < -0.4 is 5.32 Å². The first-order valence-electron chi connectivity index (χ1n) is 6.30. The number of carboxylic acid groups (broad SMARTS) is 1. The third-order valence-electron chi connectivity index (χ3n) is 2.77. The monoisotopic (exact) mass is 358 g/mol. The van der Waals surface area contributed by atoms with Gasteiger partial charge < -0.3 is 10.4 Å². The summed E-state index contributed by atoms with van der Waals surface area (Å²) in [6.07, 6.45) is -0.0558. The number of carbonyl (C=O) groups excluding carboxylic acids is 1. The second-order valence-electron chi connectivity index (χ2n) is 4.46. The molecule has 116 valence electrons. The lowest BCUT2D eigenvalue weighted by Crippen LogP contribution is -2.24. The van der Waals surface area contributed by atoms with Crippen molar-refractivity contribution in [2.45, 2.75) is 19.4 Å². The van der Waals surface area contributed by atoms with E-state index < -0.39 is 5.97 Å². The van der Waals surface area contributed by atoms with E-state index in [1.807, 2.05) is 0 Å². The highest BCUT2D eigenvalue weighted by Crippen LogP contribution is 2.23. The minimum atomic E-state index is -0.949. The summed E-state index contributed by atoms with van der Waals surface area (Å²) in [6.45, 7) is 0.227. The SMILES string of the molecule is O=C(O)Cc1csc(CC(=O)NCc2c(Cl)cccc2Cl)n1. The van der Waals surface area contributed by atoms with Crippen molar-refractivity contribution in [3.05, 3.63) is 49.9 Å². The van der Waals surface area contributed by atoms with Crippen molar-refractivity contribution in [1.29, 1.82) is 0 Å². The Labute approximate surface area is 140 Å². The zero-order chi connectivity index (χ0) is 16.1. The van der Waals surface area contributed by atoms with Gasteiger partial charge in [0, 0.05) is 27.5 Å². The summed E-state index contributed by atoms with van der Waals surface area (Å²) >= 11 is 13.3. The van der Waals surface area contributed by atoms with Gasteiger partial charge >= 0.3 is 5.97 Å². The molecule has 2 rings (SSSR count). The number of rotatable bonds is 6. The van der Waals surface area contributed by atoms with Gasteiger partial charge in [0.25, 0.3) is 0 Å². The molecule has 2 N–H and O–H groups in total. The molecule has 1 amide bonds. The Bertz CT molecular complexity index is 683. The fourth-order valence-corrected chi connectivity index (χ4v) is 3.08. The summed E-state index contributed by atoms with van der Waals surface area (Å²) in [5.74, 6) is -1.18. The maximum atomic E-state index is 11.9. The van der Waals surface area contributed by atoms with Crippen molar-refractivity contribution in [2.24, 2.45) is 0 Å². The van der Waals surface area contributed by atoms with Gasteiger partial charge in [0.15, 0.2) is 0 Å². The van der Waals surface area contributed by atoms with E-state index in [1.54, 1.807) is 23.6 Å². The second kappa shape index (κ2) is 7.58. The van der Waals surface area contributed by atoms with Crippen LogP contribution in [0.1, 0.15) is 16.3 Å². The molecule has 22 heavy (non-hydrogen) atoms. The van der Waals surface area contributed by atoms with Crippen LogP contribution in [0.25, 0.3) is 0 Å². The quantitative estimate of drug-likeness (QED) is 0.831. The molecule has 0 saturated heterocycles. The minimum Gasteiger partial charge on any atom is -0.481 e. The van der Waals surface area contributed by atoms with E-state index in [0.717, 1.165) is 0 Å². The van der Waals surface area contributed by atoms with Gasteiger partial charge in [0.1, 0.15) is 5.01 Å². The topological polar surface area (TPSA) is 79.3 Å². The van der Waals surface area contributed by atoms with Crippen LogP contribution in [0.15, 0.2) is 23.6 Å². The lowest BCUT2D eigenvalue weighted by molar-refractivity contribution is -0.136. The number of carbonyl (C=O) groups is 2. The molecule has 8 heteroatoms. The third-order valence-corrected chi connectivity index (χ3v) is 4.37. The Balaban J connectivity index is 1.90. The fraction of sp³-hybridized carbons (Fsp3) is 0.214. The van der Waals surface area contributed by atoms with Crippen LogP contribution in [0.2, 0.25) is 10.0 Å². The first-order chi connectivity index (χ1) is 10.5. The minimum absolute atomic E-state index is 0.0896. The van der Waals surface area contributed by atoms with Crippen LogP contribution in [0.5, 0.6) is 0 Å². The van der Waals surface area contributed by atoms with Gasteiger partial charge in [0.05, 0.1) is 18.5 Å². The molecule has 5 nitrogen and oxygen atoms in total. The Morgan fingerprint density at radius 2 is 1.91 bits per heavy atom. The molecule has 0 fully saturated rings. The van der Waals surface area contributed by atoms with Gasteiger partial charge in [-0.2, -0.15) is 0 Å². The van der Waals surface area contributed by atoms with Crippen LogP contribution in [0.3, 0.4) is 0 Å². The van der Waals surface area contributed by atoms with Gasteiger partial charge in [-0.15, -0.1) is 11.3 Å².